The standard InChI is InChI=1S/C17H21ClN4O3/c1-17(2,3)24-16(23)20-11-6-10(7-11)8-14-21-15(22-25-14)12-4-5-19-9-13(12)18/h4-5,9-11H,6-8H2,1-3H3,(H,20,23). The molecule has 0 radical (unpaired) electrons. The van der Waals surface area contributed by atoms with E-state index in [2.05, 4.69) is 20.4 Å². The number of rotatable bonds is 4. The molecule has 0 bridgehead atoms. The summed E-state index contributed by atoms with van der Waals surface area (Å²) in [6.45, 7) is 5.54. The Morgan fingerprint density at radius 1 is 1.44 bits per heavy atom. The zero-order valence-corrected chi connectivity index (χ0v) is 15.2. The highest BCUT2D eigenvalue weighted by molar-refractivity contribution is 6.33. The van der Waals surface area contributed by atoms with Crippen LogP contribution in [0.2, 0.25) is 5.02 Å². The van der Waals surface area contributed by atoms with Gasteiger partial charge in [-0.3, -0.25) is 4.98 Å². The number of alkyl carbamates (subject to hydrolysis) is 1. The van der Waals surface area contributed by atoms with Gasteiger partial charge in [-0.1, -0.05) is 16.8 Å². The van der Waals surface area contributed by atoms with E-state index >= 15 is 0 Å². The zero-order chi connectivity index (χ0) is 18.0. The molecule has 1 aliphatic carbocycles. The van der Waals surface area contributed by atoms with Crippen LogP contribution in [0.4, 0.5) is 4.79 Å². The maximum absolute atomic E-state index is 11.7. The highest BCUT2D eigenvalue weighted by Gasteiger charge is 2.33. The fraction of sp³-hybridized carbons (Fsp3) is 0.529. The fourth-order valence-corrected chi connectivity index (χ4v) is 2.95. The number of aromatic nitrogens is 3. The summed E-state index contributed by atoms with van der Waals surface area (Å²) in [6.07, 6.45) is 5.23. The highest BCUT2D eigenvalue weighted by Crippen LogP contribution is 2.31. The lowest BCUT2D eigenvalue weighted by Crippen LogP contribution is -2.46. The van der Waals surface area contributed by atoms with Crippen LogP contribution in [-0.2, 0) is 11.2 Å². The van der Waals surface area contributed by atoms with Gasteiger partial charge in [0.2, 0.25) is 11.7 Å². The van der Waals surface area contributed by atoms with Crippen LogP contribution in [0.1, 0.15) is 39.5 Å². The molecule has 25 heavy (non-hydrogen) atoms. The molecule has 0 unspecified atom stereocenters. The van der Waals surface area contributed by atoms with E-state index in [9.17, 15) is 4.79 Å². The molecule has 1 fully saturated rings. The summed E-state index contributed by atoms with van der Waals surface area (Å²) < 4.78 is 10.6. The molecule has 2 aromatic rings. The fourth-order valence-electron chi connectivity index (χ4n) is 2.75. The van der Waals surface area contributed by atoms with Gasteiger partial charge in [-0.15, -0.1) is 0 Å². The first-order valence-corrected chi connectivity index (χ1v) is 8.60. The molecule has 0 spiro atoms. The summed E-state index contributed by atoms with van der Waals surface area (Å²) in [5.41, 5.74) is 0.214. The summed E-state index contributed by atoms with van der Waals surface area (Å²) >= 11 is 6.09. The van der Waals surface area contributed by atoms with Gasteiger partial charge in [-0.25, -0.2) is 4.79 Å². The molecule has 0 aromatic carbocycles. The number of ether oxygens (including phenoxy) is 1. The third kappa shape index (κ3) is 4.69. The van der Waals surface area contributed by atoms with Crippen molar-refractivity contribution in [3.05, 3.63) is 29.4 Å². The van der Waals surface area contributed by atoms with E-state index in [0.29, 0.717) is 34.6 Å². The Bertz CT molecular complexity index is 750. The number of carbonyl (C=O) groups excluding carboxylic acids is 1. The maximum atomic E-state index is 11.7. The molecule has 1 saturated carbocycles. The SMILES string of the molecule is CC(C)(C)OC(=O)NC1CC(Cc2nc(-c3ccncc3Cl)no2)C1. The van der Waals surface area contributed by atoms with Crippen molar-refractivity contribution < 1.29 is 14.1 Å². The Hall–Kier alpha value is -2.15. The van der Waals surface area contributed by atoms with Crippen molar-refractivity contribution in [2.75, 3.05) is 0 Å². The average Bonchev–Trinajstić information content (AvgIpc) is 2.92. The van der Waals surface area contributed by atoms with Crippen LogP contribution in [0.5, 0.6) is 0 Å². The third-order valence-corrected chi connectivity index (χ3v) is 4.20. The van der Waals surface area contributed by atoms with Gasteiger partial charge in [0, 0.05) is 30.4 Å². The van der Waals surface area contributed by atoms with E-state index in [0.717, 1.165) is 12.8 Å². The van der Waals surface area contributed by atoms with E-state index < -0.39 is 5.60 Å². The number of hydrogen-bond donors (Lipinski definition) is 1. The number of nitrogens with one attached hydrogen (secondary N) is 1. The van der Waals surface area contributed by atoms with Crippen LogP contribution in [0.25, 0.3) is 11.4 Å². The van der Waals surface area contributed by atoms with Crippen LogP contribution in [-0.4, -0.2) is 32.9 Å². The van der Waals surface area contributed by atoms with Gasteiger partial charge in [-0.05, 0) is 45.6 Å². The first-order valence-electron chi connectivity index (χ1n) is 8.22. The Morgan fingerprint density at radius 3 is 2.88 bits per heavy atom. The van der Waals surface area contributed by atoms with Crippen molar-refractivity contribution in [3.63, 3.8) is 0 Å². The number of nitrogens with zero attached hydrogens (tertiary/aromatic N) is 3. The Morgan fingerprint density at radius 2 is 2.20 bits per heavy atom. The zero-order valence-electron chi connectivity index (χ0n) is 14.5. The lowest BCUT2D eigenvalue weighted by atomic mass is 9.78. The van der Waals surface area contributed by atoms with Crippen molar-refractivity contribution in [1.29, 1.82) is 0 Å². The van der Waals surface area contributed by atoms with Gasteiger partial charge in [0.05, 0.1) is 5.02 Å². The minimum Gasteiger partial charge on any atom is -0.444 e. The minimum absolute atomic E-state index is 0.136. The lowest BCUT2D eigenvalue weighted by molar-refractivity contribution is 0.0450. The second kappa shape index (κ2) is 7.00. The molecule has 1 aliphatic rings. The molecule has 8 heteroatoms. The smallest absolute Gasteiger partial charge is 0.407 e. The quantitative estimate of drug-likeness (QED) is 0.890. The van der Waals surface area contributed by atoms with Crippen LogP contribution in [0.15, 0.2) is 23.0 Å². The van der Waals surface area contributed by atoms with Crippen LogP contribution >= 0.6 is 11.6 Å². The first-order chi connectivity index (χ1) is 11.8. The summed E-state index contributed by atoms with van der Waals surface area (Å²) in [5.74, 6) is 1.44. The van der Waals surface area contributed by atoms with Crippen molar-refractivity contribution in [2.24, 2.45) is 5.92 Å². The lowest BCUT2D eigenvalue weighted by Gasteiger charge is -2.35. The van der Waals surface area contributed by atoms with Gasteiger partial charge in [0.15, 0.2) is 0 Å². The Labute approximate surface area is 151 Å². The molecule has 7 nitrogen and oxygen atoms in total. The predicted molar refractivity (Wildman–Crippen MR) is 92.1 cm³/mol. The van der Waals surface area contributed by atoms with E-state index in [1.807, 2.05) is 20.8 Å². The van der Waals surface area contributed by atoms with Crippen molar-refractivity contribution in [2.45, 2.75) is 51.7 Å². The molecule has 0 saturated heterocycles. The molecule has 0 aliphatic heterocycles. The van der Waals surface area contributed by atoms with Gasteiger partial charge < -0.3 is 14.6 Å². The van der Waals surface area contributed by atoms with Crippen LogP contribution in [0, 0.1) is 5.92 Å². The number of hydrogen-bond acceptors (Lipinski definition) is 6. The predicted octanol–water partition coefficient (Wildman–Crippen LogP) is 3.63. The highest BCUT2D eigenvalue weighted by atomic mass is 35.5. The Kier molecular flexibility index (Phi) is 4.94. The molecule has 1 N–H and O–H groups in total. The van der Waals surface area contributed by atoms with Crippen molar-refractivity contribution in [1.82, 2.24) is 20.4 Å². The summed E-state index contributed by atoms with van der Waals surface area (Å²) in [5, 5.41) is 7.34. The molecule has 2 aromatic heterocycles. The molecule has 134 valence electrons. The second-order valence-electron chi connectivity index (χ2n) is 7.25. The Balaban J connectivity index is 1.48. The van der Waals surface area contributed by atoms with E-state index in [4.69, 9.17) is 20.9 Å². The molecule has 0 atom stereocenters. The van der Waals surface area contributed by atoms with E-state index in [1.54, 1.807) is 18.5 Å². The second-order valence-corrected chi connectivity index (χ2v) is 7.66. The summed E-state index contributed by atoms with van der Waals surface area (Å²) in [6, 6.07) is 1.89. The van der Waals surface area contributed by atoms with Gasteiger partial charge in [0.25, 0.3) is 0 Å². The van der Waals surface area contributed by atoms with Crippen molar-refractivity contribution in [3.8, 4) is 11.4 Å². The number of pyridine rings is 1. The van der Waals surface area contributed by atoms with E-state index in [1.165, 1.54) is 0 Å². The van der Waals surface area contributed by atoms with Gasteiger partial charge in [0.1, 0.15) is 5.60 Å². The number of amides is 1. The summed E-state index contributed by atoms with van der Waals surface area (Å²) in [7, 11) is 0. The number of carbonyl (C=O) groups is 1. The molecular formula is C17H21ClN4O3. The maximum Gasteiger partial charge on any atom is 0.407 e. The first kappa shape index (κ1) is 17.7. The van der Waals surface area contributed by atoms with Crippen LogP contribution in [0.3, 0.4) is 0 Å². The van der Waals surface area contributed by atoms with Gasteiger partial charge in [-0.2, -0.15) is 4.98 Å². The average molecular weight is 365 g/mol. The third-order valence-electron chi connectivity index (χ3n) is 3.90. The topological polar surface area (TPSA) is 90.1 Å². The molecule has 1 amide bonds. The summed E-state index contributed by atoms with van der Waals surface area (Å²) in [4.78, 5) is 20.1. The van der Waals surface area contributed by atoms with Gasteiger partial charge >= 0.3 is 6.09 Å². The number of halogens is 1. The largest absolute Gasteiger partial charge is 0.444 e. The molecular weight excluding hydrogens is 344 g/mol. The monoisotopic (exact) mass is 364 g/mol. The minimum atomic E-state index is -0.485. The molecule has 3 rings (SSSR count). The van der Waals surface area contributed by atoms with Crippen molar-refractivity contribution >= 4 is 17.7 Å². The normalized spacial score (nSPS) is 20.0. The molecule has 2 heterocycles. The van der Waals surface area contributed by atoms with E-state index in [-0.39, 0.29) is 12.1 Å². The van der Waals surface area contributed by atoms with Crippen LogP contribution < -0.4 is 5.32 Å².